The van der Waals surface area contributed by atoms with Crippen LogP contribution >= 0.6 is 0 Å². The molecule has 0 atom stereocenters. The first-order valence-corrected chi connectivity index (χ1v) is 9.55. The Morgan fingerprint density at radius 1 is 1.29 bits per heavy atom. The molecule has 1 aromatic rings. The Balaban J connectivity index is 2.80. The van der Waals surface area contributed by atoms with Crippen LogP contribution in [0.25, 0.3) is 0 Å². The molecule has 1 rings (SSSR count). The molecule has 0 spiro atoms. The minimum absolute atomic E-state index is 0.0545. The molecule has 0 aromatic carbocycles. The van der Waals surface area contributed by atoms with Crippen LogP contribution in [-0.4, -0.2) is 46.9 Å². The number of hydrogen-bond donors (Lipinski definition) is 2. The van der Waals surface area contributed by atoms with E-state index >= 15 is 0 Å². The molecule has 0 saturated heterocycles. The Morgan fingerprint density at radius 2 is 1.86 bits per heavy atom. The van der Waals surface area contributed by atoms with Crippen LogP contribution < -0.4 is 0 Å². The van der Waals surface area contributed by atoms with E-state index in [1.807, 2.05) is 0 Å². The summed E-state index contributed by atoms with van der Waals surface area (Å²) >= 11 is 0. The van der Waals surface area contributed by atoms with Crippen molar-refractivity contribution in [2.45, 2.75) is 45.4 Å². The zero-order valence-electron chi connectivity index (χ0n) is 13.0. The number of carboxylic acids is 2. The van der Waals surface area contributed by atoms with E-state index < -0.39 is 20.3 Å². The molecule has 21 heavy (non-hydrogen) atoms. The first kappa shape index (κ1) is 17.4. The molecule has 0 aliphatic rings. The molecular weight excluding hydrogens is 292 g/mol. The van der Waals surface area contributed by atoms with Gasteiger partial charge in [-0.25, -0.2) is 9.59 Å². The predicted octanol–water partition coefficient (Wildman–Crippen LogP) is 2.30. The molecule has 1 heterocycles. The van der Waals surface area contributed by atoms with Gasteiger partial charge in [0.1, 0.15) is 5.69 Å². The van der Waals surface area contributed by atoms with Crippen LogP contribution in [0.1, 0.15) is 41.7 Å². The smallest absolute Gasteiger partial charge is 0.356 e. The molecule has 0 fully saturated rings. The summed E-state index contributed by atoms with van der Waals surface area (Å²) < 4.78 is 7.11. The van der Waals surface area contributed by atoms with Gasteiger partial charge < -0.3 is 14.6 Å². The van der Waals surface area contributed by atoms with Gasteiger partial charge in [-0.2, -0.15) is 5.10 Å². The lowest BCUT2D eigenvalue weighted by atomic mass is 10.2. The van der Waals surface area contributed by atoms with Crippen molar-refractivity contribution < 1.29 is 24.2 Å². The molecule has 7 nitrogen and oxygen atoms in total. The molecular formula is C13H22N2O5Si. The summed E-state index contributed by atoms with van der Waals surface area (Å²) in [6, 6.07) is 1.05. The maximum Gasteiger partial charge on any atom is 0.356 e. The van der Waals surface area contributed by atoms with Crippen molar-refractivity contribution >= 4 is 20.3 Å². The Morgan fingerprint density at radius 3 is 2.29 bits per heavy atom. The number of nitrogens with zero attached hydrogens (tertiary/aromatic N) is 2. The first-order valence-electron chi connectivity index (χ1n) is 6.64. The average Bonchev–Trinajstić information content (AvgIpc) is 2.71. The highest BCUT2D eigenvalue weighted by Crippen LogP contribution is 2.36. The van der Waals surface area contributed by atoms with E-state index in [4.69, 9.17) is 14.6 Å². The Kier molecular flexibility index (Phi) is 4.95. The van der Waals surface area contributed by atoms with Gasteiger partial charge in [0.25, 0.3) is 0 Å². The van der Waals surface area contributed by atoms with Crippen LogP contribution in [0.15, 0.2) is 6.07 Å². The van der Waals surface area contributed by atoms with Crippen LogP contribution in [-0.2, 0) is 11.0 Å². The average molecular weight is 314 g/mol. The van der Waals surface area contributed by atoms with Crippen molar-refractivity contribution in [1.29, 1.82) is 0 Å². The highest BCUT2D eigenvalue weighted by atomic mass is 28.4. The zero-order valence-corrected chi connectivity index (χ0v) is 14.0. The van der Waals surface area contributed by atoms with Crippen molar-refractivity contribution in [1.82, 2.24) is 9.78 Å². The quantitative estimate of drug-likeness (QED) is 0.781. The lowest BCUT2D eigenvalue weighted by Crippen LogP contribution is -2.41. The summed E-state index contributed by atoms with van der Waals surface area (Å²) in [7, 11) is -1.92. The van der Waals surface area contributed by atoms with E-state index in [0.29, 0.717) is 6.61 Å². The summed E-state index contributed by atoms with van der Waals surface area (Å²) in [4.78, 5) is 22.0. The van der Waals surface area contributed by atoms with E-state index in [2.05, 4.69) is 39.0 Å². The summed E-state index contributed by atoms with van der Waals surface area (Å²) in [6.45, 7) is 11.0. The Bertz CT molecular complexity index is 545. The Hall–Kier alpha value is -1.67. The SMILES string of the molecule is CC(C)(C)[Si](C)(C)OCCn1nc(C(=O)O)cc1C(=O)O. The summed E-state index contributed by atoms with van der Waals surface area (Å²) in [5.41, 5.74) is -0.425. The van der Waals surface area contributed by atoms with Gasteiger partial charge in [-0.05, 0) is 18.1 Å². The second-order valence-electron chi connectivity index (χ2n) is 6.36. The number of carbonyl (C=O) groups is 2. The summed E-state index contributed by atoms with van der Waals surface area (Å²) in [5.74, 6) is -2.45. The molecule has 8 heteroatoms. The molecule has 0 unspecified atom stereocenters. The molecule has 0 aliphatic carbocycles. The second-order valence-corrected chi connectivity index (χ2v) is 11.2. The number of aromatic nitrogens is 2. The van der Waals surface area contributed by atoms with Gasteiger partial charge >= 0.3 is 11.9 Å². The lowest BCUT2D eigenvalue weighted by Gasteiger charge is -2.36. The molecule has 0 aliphatic heterocycles. The lowest BCUT2D eigenvalue weighted by molar-refractivity contribution is 0.0674. The van der Waals surface area contributed by atoms with Gasteiger partial charge in [0.15, 0.2) is 14.0 Å². The molecule has 0 radical (unpaired) electrons. The third-order valence-corrected chi connectivity index (χ3v) is 8.33. The third-order valence-electron chi connectivity index (χ3n) is 3.79. The summed E-state index contributed by atoms with van der Waals surface area (Å²) in [5, 5.41) is 21.8. The monoisotopic (exact) mass is 314 g/mol. The van der Waals surface area contributed by atoms with Gasteiger partial charge in [0.2, 0.25) is 0 Å². The van der Waals surface area contributed by atoms with Crippen molar-refractivity contribution in [3.05, 3.63) is 17.5 Å². The van der Waals surface area contributed by atoms with Gasteiger partial charge in [0, 0.05) is 6.07 Å². The van der Waals surface area contributed by atoms with Crippen LogP contribution in [0.5, 0.6) is 0 Å². The molecule has 0 bridgehead atoms. The van der Waals surface area contributed by atoms with E-state index in [1.165, 1.54) is 4.68 Å². The maximum absolute atomic E-state index is 11.1. The minimum Gasteiger partial charge on any atom is -0.477 e. The fourth-order valence-electron chi connectivity index (χ4n) is 1.47. The summed E-state index contributed by atoms with van der Waals surface area (Å²) in [6.07, 6.45) is 0. The normalized spacial score (nSPS) is 12.4. The fraction of sp³-hybridized carbons (Fsp3) is 0.615. The van der Waals surface area contributed by atoms with Gasteiger partial charge in [-0.15, -0.1) is 0 Å². The standard InChI is InChI=1S/C13H22N2O5Si/c1-13(2,3)21(4,5)20-7-6-15-10(12(18)19)8-9(14-15)11(16)17/h8H,6-7H2,1-5H3,(H,16,17)(H,18,19). The fourth-order valence-corrected chi connectivity index (χ4v) is 2.50. The van der Waals surface area contributed by atoms with Crippen molar-refractivity contribution in [2.75, 3.05) is 6.61 Å². The third kappa shape index (κ3) is 4.15. The van der Waals surface area contributed by atoms with E-state index in [1.54, 1.807) is 0 Å². The molecule has 0 saturated carbocycles. The highest BCUT2D eigenvalue weighted by molar-refractivity contribution is 6.74. The van der Waals surface area contributed by atoms with E-state index in [9.17, 15) is 9.59 Å². The van der Waals surface area contributed by atoms with Crippen molar-refractivity contribution in [3.63, 3.8) is 0 Å². The van der Waals surface area contributed by atoms with Crippen LogP contribution in [0.3, 0.4) is 0 Å². The van der Waals surface area contributed by atoms with Gasteiger partial charge in [0.05, 0.1) is 13.2 Å². The Labute approximate surface area is 124 Å². The van der Waals surface area contributed by atoms with E-state index in [0.717, 1.165) is 6.07 Å². The van der Waals surface area contributed by atoms with E-state index in [-0.39, 0.29) is 23.0 Å². The molecule has 1 aromatic heterocycles. The van der Waals surface area contributed by atoms with Crippen LogP contribution in [0.2, 0.25) is 18.1 Å². The number of aromatic carboxylic acids is 2. The highest BCUT2D eigenvalue weighted by Gasteiger charge is 2.37. The van der Waals surface area contributed by atoms with Crippen molar-refractivity contribution in [2.24, 2.45) is 0 Å². The molecule has 118 valence electrons. The zero-order chi connectivity index (χ0) is 16.4. The van der Waals surface area contributed by atoms with Crippen molar-refractivity contribution in [3.8, 4) is 0 Å². The second kappa shape index (κ2) is 5.98. The molecule has 0 amide bonds. The molecule has 2 N–H and O–H groups in total. The minimum atomic E-state index is -1.92. The first-order chi connectivity index (χ1) is 9.45. The number of hydrogen-bond acceptors (Lipinski definition) is 4. The topological polar surface area (TPSA) is 102 Å². The van der Waals surface area contributed by atoms with Crippen LogP contribution in [0.4, 0.5) is 0 Å². The van der Waals surface area contributed by atoms with Crippen LogP contribution in [0, 0.1) is 0 Å². The van der Waals surface area contributed by atoms with Gasteiger partial charge in [-0.3, -0.25) is 4.68 Å². The predicted molar refractivity (Wildman–Crippen MR) is 79.3 cm³/mol. The maximum atomic E-state index is 11.1. The number of rotatable bonds is 6. The number of carboxylic acid groups (broad SMARTS) is 2. The largest absolute Gasteiger partial charge is 0.477 e. The van der Waals surface area contributed by atoms with Gasteiger partial charge in [-0.1, -0.05) is 20.8 Å².